The van der Waals surface area contributed by atoms with E-state index in [0.717, 1.165) is 23.0 Å². The third-order valence-electron chi connectivity index (χ3n) is 4.53. The van der Waals surface area contributed by atoms with Gasteiger partial charge in [-0.05, 0) is 54.4 Å². The Morgan fingerprint density at radius 1 is 0.900 bits per heavy atom. The first-order valence-electron chi connectivity index (χ1n) is 10.0. The van der Waals surface area contributed by atoms with E-state index < -0.39 is 0 Å². The molecule has 0 atom stereocenters. The molecule has 0 fully saturated rings. The van der Waals surface area contributed by atoms with E-state index in [0.29, 0.717) is 18.7 Å². The van der Waals surface area contributed by atoms with Crippen molar-refractivity contribution in [2.24, 2.45) is 0 Å². The van der Waals surface area contributed by atoms with Crippen LogP contribution < -0.4 is 10.1 Å². The number of carbonyl (C=O) groups is 1. The molecule has 3 rings (SSSR count). The Bertz CT molecular complexity index is 914. The highest BCUT2D eigenvalue weighted by molar-refractivity contribution is 7.99. The summed E-state index contributed by atoms with van der Waals surface area (Å²) in [7, 11) is 0. The van der Waals surface area contributed by atoms with Crippen LogP contribution in [0.4, 0.5) is 0 Å². The van der Waals surface area contributed by atoms with Crippen LogP contribution in [-0.2, 0) is 5.75 Å². The molecule has 0 saturated carbocycles. The molecule has 0 aliphatic rings. The summed E-state index contributed by atoms with van der Waals surface area (Å²) < 4.78 is 5.77. The first-order valence-corrected chi connectivity index (χ1v) is 12.2. The summed E-state index contributed by atoms with van der Waals surface area (Å²) in [5.74, 6) is 3.48. The predicted molar refractivity (Wildman–Crippen MR) is 129 cm³/mol. The average Bonchev–Trinajstić information content (AvgIpc) is 2.78. The molecule has 30 heavy (non-hydrogen) atoms. The maximum Gasteiger partial charge on any atom is 0.251 e. The van der Waals surface area contributed by atoms with E-state index in [4.69, 9.17) is 4.74 Å². The number of carbonyl (C=O) groups excluding carboxylic acids is 1. The van der Waals surface area contributed by atoms with Crippen LogP contribution in [0.3, 0.4) is 0 Å². The lowest BCUT2D eigenvalue weighted by Gasteiger charge is -2.09. The Hall–Kier alpha value is -2.37. The first-order chi connectivity index (χ1) is 14.7. The molecule has 0 heterocycles. The van der Waals surface area contributed by atoms with E-state index in [1.807, 2.05) is 54.2 Å². The van der Waals surface area contributed by atoms with E-state index in [1.54, 1.807) is 11.8 Å². The molecule has 0 radical (unpaired) electrons. The van der Waals surface area contributed by atoms with E-state index >= 15 is 0 Å². The van der Waals surface area contributed by atoms with Crippen LogP contribution in [0.25, 0.3) is 0 Å². The lowest BCUT2D eigenvalue weighted by molar-refractivity contribution is 0.0956. The molecule has 0 aliphatic heterocycles. The van der Waals surface area contributed by atoms with Crippen molar-refractivity contribution in [3.8, 4) is 5.75 Å². The van der Waals surface area contributed by atoms with Crippen molar-refractivity contribution in [3.05, 3.63) is 95.6 Å². The largest absolute Gasteiger partial charge is 0.493 e. The Kier molecular flexibility index (Phi) is 9.19. The van der Waals surface area contributed by atoms with Crippen molar-refractivity contribution in [2.75, 3.05) is 24.7 Å². The highest BCUT2D eigenvalue weighted by atomic mass is 32.2. The fraction of sp³-hybridized carbons (Fsp3) is 0.240. The molecule has 156 valence electrons. The zero-order valence-corrected chi connectivity index (χ0v) is 18.8. The third kappa shape index (κ3) is 7.47. The van der Waals surface area contributed by atoms with Gasteiger partial charge in [-0.25, -0.2) is 0 Å². The number of thioether (sulfide) groups is 2. The van der Waals surface area contributed by atoms with E-state index in [1.165, 1.54) is 16.0 Å². The number of hydrogen-bond acceptors (Lipinski definition) is 4. The molecule has 0 aliphatic carbocycles. The van der Waals surface area contributed by atoms with Gasteiger partial charge < -0.3 is 10.1 Å². The van der Waals surface area contributed by atoms with Crippen LogP contribution in [0, 0.1) is 6.92 Å². The number of amides is 1. The molecule has 0 bridgehead atoms. The summed E-state index contributed by atoms with van der Waals surface area (Å²) in [6.07, 6.45) is 0. The van der Waals surface area contributed by atoms with Gasteiger partial charge in [0.25, 0.3) is 5.91 Å². The zero-order valence-electron chi connectivity index (χ0n) is 17.2. The summed E-state index contributed by atoms with van der Waals surface area (Å²) in [5.41, 5.74) is 3.33. The quantitative estimate of drug-likeness (QED) is 0.303. The molecule has 0 spiro atoms. The number of ether oxygens (including phenoxy) is 1. The summed E-state index contributed by atoms with van der Waals surface area (Å²) in [6.45, 7) is 3.42. The molecule has 0 unspecified atom stereocenters. The van der Waals surface area contributed by atoms with Crippen molar-refractivity contribution in [2.45, 2.75) is 17.6 Å². The first kappa shape index (κ1) is 22.3. The monoisotopic (exact) mass is 437 g/mol. The minimum Gasteiger partial charge on any atom is -0.493 e. The predicted octanol–water partition coefficient (Wildman–Crippen LogP) is 5.83. The Morgan fingerprint density at radius 2 is 1.63 bits per heavy atom. The fourth-order valence-electron chi connectivity index (χ4n) is 2.83. The minimum atomic E-state index is -0.0438. The van der Waals surface area contributed by atoms with Crippen molar-refractivity contribution in [1.29, 1.82) is 0 Å². The molecule has 5 heteroatoms. The Morgan fingerprint density at radius 3 is 2.40 bits per heavy atom. The molecule has 0 saturated heterocycles. The number of rotatable bonds is 11. The van der Waals surface area contributed by atoms with Crippen LogP contribution in [0.15, 0.2) is 83.8 Å². The van der Waals surface area contributed by atoms with Crippen molar-refractivity contribution >= 4 is 29.4 Å². The molecule has 3 nitrogen and oxygen atoms in total. The highest BCUT2D eigenvalue weighted by Gasteiger charge is 2.05. The third-order valence-corrected chi connectivity index (χ3v) is 6.52. The van der Waals surface area contributed by atoms with Crippen LogP contribution in [0.1, 0.15) is 21.5 Å². The molecule has 1 N–H and O–H groups in total. The topological polar surface area (TPSA) is 38.3 Å². The maximum absolute atomic E-state index is 12.3. The van der Waals surface area contributed by atoms with Crippen molar-refractivity contribution in [1.82, 2.24) is 5.32 Å². The summed E-state index contributed by atoms with van der Waals surface area (Å²) in [6, 6.07) is 26.0. The van der Waals surface area contributed by atoms with Gasteiger partial charge in [-0.3, -0.25) is 4.79 Å². The number of aryl methyl sites for hydroxylation is 1. The lowest BCUT2D eigenvalue weighted by atomic mass is 10.1. The van der Waals surface area contributed by atoms with Crippen LogP contribution >= 0.6 is 23.5 Å². The van der Waals surface area contributed by atoms with Gasteiger partial charge in [0.15, 0.2) is 0 Å². The summed E-state index contributed by atoms with van der Waals surface area (Å²) >= 11 is 3.60. The molecule has 3 aromatic carbocycles. The average molecular weight is 438 g/mol. The van der Waals surface area contributed by atoms with Crippen LogP contribution in [-0.4, -0.2) is 30.6 Å². The Balaban J connectivity index is 1.32. The van der Waals surface area contributed by atoms with Gasteiger partial charge in [0, 0.05) is 34.3 Å². The second-order valence-electron chi connectivity index (χ2n) is 6.77. The van der Waals surface area contributed by atoms with Gasteiger partial charge in [-0.2, -0.15) is 11.8 Å². The van der Waals surface area contributed by atoms with E-state index in [2.05, 4.69) is 48.6 Å². The van der Waals surface area contributed by atoms with Crippen LogP contribution in [0.5, 0.6) is 5.75 Å². The molecular formula is C25H27NO2S2. The number of nitrogens with one attached hydrogen (secondary N) is 1. The number of hydrogen-bond donors (Lipinski definition) is 1. The van der Waals surface area contributed by atoms with Crippen molar-refractivity contribution < 1.29 is 9.53 Å². The second kappa shape index (κ2) is 12.4. The van der Waals surface area contributed by atoms with Gasteiger partial charge in [0.1, 0.15) is 5.75 Å². The fourth-order valence-corrected chi connectivity index (χ4v) is 4.52. The Labute approximate surface area is 187 Å². The van der Waals surface area contributed by atoms with E-state index in [-0.39, 0.29) is 5.91 Å². The standard InChI is InChI=1S/C25H27NO2S2/c1-20-7-5-6-8-22(20)19-29-17-15-26-25(27)21-11-13-23(14-12-21)28-16-18-30-24-9-3-2-4-10-24/h2-14H,15-19H2,1H3,(H,26,27). The molecule has 3 aromatic rings. The van der Waals surface area contributed by atoms with Crippen molar-refractivity contribution in [3.63, 3.8) is 0 Å². The number of benzene rings is 3. The van der Waals surface area contributed by atoms with Gasteiger partial charge in [-0.1, -0.05) is 42.5 Å². The molecule has 1 amide bonds. The van der Waals surface area contributed by atoms with Gasteiger partial charge in [0.05, 0.1) is 6.61 Å². The molecular weight excluding hydrogens is 410 g/mol. The minimum absolute atomic E-state index is 0.0438. The second-order valence-corrected chi connectivity index (χ2v) is 9.04. The SMILES string of the molecule is Cc1ccccc1CSCCNC(=O)c1ccc(OCCSc2ccccc2)cc1. The lowest BCUT2D eigenvalue weighted by Crippen LogP contribution is -2.25. The summed E-state index contributed by atoms with van der Waals surface area (Å²) in [4.78, 5) is 13.5. The smallest absolute Gasteiger partial charge is 0.251 e. The van der Waals surface area contributed by atoms with Crippen LogP contribution in [0.2, 0.25) is 0 Å². The normalized spacial score (nSPS) is 10.6. The van der Waals surface area contributed by atoms with Gasteiger partial charge in [0.2, 0.25) is 0 Å². The highest BCUT2D eigenvalue weighted by Crippen LogP contribution is 2.18. The zero-order chi connectivity index (χ0) is 21.0. The van der Waals surface area contributed by atoms with E-state index in [9.17, 15) is 4.79 Å². The van der Waals surface area contributed by atoms with Gasteiger partial charge >= 0.3 is 0 Å². The summed E-state index contributed by atoms with van der Waals surface area (Å²) in [5, 5.41) is 2.99. The molecule has 0 aromatic heterocycles. The maximum atomic E-state index is 12.3. The van der Waals surface area contributed by atoms with Gasteiger partial charge in [-0.15, -0.1) is 11.8 Å².